The summed E-state index contributed by atoms with van der Waals surface area (Å²) in [6.07, 6.45) is 3.03. The Labute approximate surface area is 109 Å². The quantitative estimate of drug-likeness (QED) is 0.614. The minimum atomic E-state index is 0.194. The molecule has 0 bridgehead atoms. The Balaban J connectivity index is 2.13. The molecule has 4 nitrogen and oxygen atoms in total. The van der Waals surface area contributed by atoms with Crippen LogP contribution in [0.2, 0.25) is 5.15 Å². The van der Waals surface area contributed by atoms with E-state index in [1.165, 1.54) is 11.9 Å². The van der Waals surface area contributed by atoms with Gasteiger partial charge in [0.2, 0.25) is 0 Å². The molecule has 0 radical (unpaired) electrons. The average molecular weight is 260 g/mol. The molecule has 5 heteroatoms. The Kier molecular flexibility index (Phi) is 2.72. The van der Waals surface area contributed by atoms with E-state index in [0.717, 1.165) is 18.7 Å². The van der Waals surface area contributed by atoms with Gasteiger partial charge in [0.05, 0.1) is 5.56 Å². The third kappa shape index (κ3) is 1.66. The predicted octanol–water partition coefficient (Wildman–Crippen LogP) is 2.64. The fourth-order valence-electron chi connectivity index (χ4n) is 2.24. The van der Waals surface area contributed by atoms with Gasteiger partial charge in [-0.1, -0.05) is 29.8 Å². The monoisotopic (exact) mass is 259 g/mol. The van der Waals surface area contributed by atoms with E-state index in [2.05, 4.69) is 16.0 Å². The van der Waals surface area contributed by atoms with Crippen LogP contribution in [-0.2, 0) is 6.42 Å². The van der Waals surface area contributed by atoms with Gasteiger partial charge in [0.1, 0.15) is 17.3 Å². The van der Waals surface area contributed by atoms with Crippen LogP contribution in [0.1, 0.15) is 15.9 Å². The first-order chi connectivity index (χ1) is 8.81. The maximum atomic E-state index is 11.1. The van der Waals surface area contributed by atoms with Crippen molar-refractivity contribution >= 4 is 29.4 Å². The number of hydrogen-bond donors (Lipinski definition) is 0. The zero-order chi connectivity index (χ0) is 12.5. The Hall–Kier alpha value is -1.94. The lowest BCUT2D eigenvalue weighted by molar-refractivity contribution is 0.112. The minimum absolute atomic E-state index is 0.194. The second kappa shape index (κ2) is 4.38. The Morgan fingerprint density at radius 3 is 2.94 bits per heavy atom. The average Bonchev–Trinajstić information content (AvgIpc) is 2.82. The lowest BCUT2D eigenvalue weighted by Crippen LogP contribution is -2.17. The molecular weight excluding hydrogens is 250 g/mol. The summed E-state index contributed by atoms with van der Waals surface area (Å²) in [6.45, 7) is 0.799. The summed E-state index contributed by atoms with van der Waals surface area (Å²) in [5.41, 5.74) is 2.68. The smallest absolute Gasteiger partial charge is 0.156 e. The Bertz CT molecular complexity index is 615. The number of rotatable bonds is 2. The lowest BCUT2D eigenvalue weighted by Gasteiger charge is -2.19. The van der Waals surface area contributed by atoms with Gasteiger partial charge >= 0.3 is 0 Å². The number of benzene rings is 1. The standard InChI is InChI=1S/C13H10ClN3O/c14-12-10(7-18)13(16-8-15-12)17-6-5-9-3-1-2-4-11(9)17/h1-4,7-8H,5-6H2. The molecule has 0 amide bonds. The maximum absolute atomic E-state index is 11.1. The van der Waals surface area contributed by atoms with Crippen molar-refractivity contribution < 1.29 is 4.79 Å². The number of aromatic nitrogens is 2. The van der Waals surface area contributed by atoms with Crippen LogP contribution in [0.15, 0.2) is 30.6 Å². The van der Waals surface area contributed by atoms with Crippen molar-refractivity contribution in [1.29, 1.82) is 0 Å². The van der Waals surface area contributed by atoms with Crippen molar-refractivity contribution in [3.05, 3.63) is 46.9 Å². The molecule has 1 aliphatic rings. The van der Waals surface area contributed by atoms with Crippen LogP contribution in [0.3, 0.4) is 0 Å². The highest BCUT2D eigenvalue weighted by Gasteiger charge is 2.24. The molecule has 2 aromatic rings. The summed E-state index contributed by atoms with van der Waals surface area (Å²) in [5.74, 6) is 0.579. The summed E-state index contributed by atoms with van der Waals surface area (Å²) in [4.78, 5) is 21.2. The summed E-state index contributed by atoms with van der Waals surface area (Å²) in [5, 5.41) is 0.194. The molecule has 1 aromatic heterocycles. The molecule has 18 heavy (non-hydrogen) atoms. The molecule has 2 heterocycles. The van der Waals surface area contributed by atoms with E-state index < -0.39 is 0 Å². The van der Waals surface area contributed by atoms with E-state index >= 15 is 0 Å². The van der Waals surface area contributed by atoms with Crippen molar-refractivity contribution in [2.75, 3.05) is 11.4 Å². The van der Waals surface area contributed by atoms with Crippen LogP contribution in [-0.4, -0.2) is 22.8 Å². The topological polar surface area (TPSA) is 46.1 Å². The summed E-state index contributed by atoms with van der Waals surface area (Å²) < 4.78 is 0. The molecule has 1 aliphatic heterocycles. The van der Waals surface area contributed by atoms with E-state index in [-0.39, 0.29) is 5.15 Å². The van der Waals surface area contributed by atoms with Crippen LogP contribution in [0, 0.1) is 0 Å². The van der Waals surface area contributed by atoms with Crippen LogP contribution in [0.25, 0.3) is 0 Å². The van der Waals surface area contributed by atoms with Gasteiger partial charge in [-0.25, -0.2) is 9.97 Å². The molecule has 0 atom stereocenters. The normalized spacial score (nSPS) is 13.5. The molecule has 1 aromatic carbocycles. The third-order valence-electron chi connectivity index (χ3n) is 3.07. The van der Waals surface area contributed by atoms with Gasteiger partial charge in [-0.3, -0.25) is 4.79 Å². The number of para-hydroxylation sites is 1. The first-order valence-electron chi connectivity index (χ1n) is 5.62. The zero-order valence-electron chi connectivity index (χ0n) is 9.51. The van der Waals surface area contributed by atoms with Crippen molar-refractivity contribution in [2.24, 2.45) is 0 Å². The van der Waals surface area contributed by atoms with Crippen LogP contribution in [0.4, 0.5) is 11.5 Å². The van der Waals surface area contributed by atoms with Crippen LogP contribution < -0.4 is 4.90 Å². The Morgan fingerprint density at radius 1 is 1.28 bits per heavy atom. The summed E-state index contributed by atoms with van der Waals surface area (Å²) >= 11 is 5.93. The molecule has 0 saturated carbocycles. The number of nitrogens with zero attached hydrogens (tertiary/aromatic N) is 3. The van der Waals surface area contributed by atoms with Gasteiger partial charge in [0, 0.05) is 12.2 Å². The molecule has 0 N–H and O–H groups in total. The summed E-state index contributed by atoms with van der Waals surface area (Å²) in [6, 6.07) is 8.09. The fourth-order valence-corrected chi connectivity index (χ4v) is 2.41. The van der Waals surface area contributed by atoms with Gasteiger partial charge in [-0.15, -0.1) is 0 Å². The molecule has 0 spiro atoms. The number of carbonyl (C=O) groups is 1. The van der Waals surface area contributed by atoms with Crippen molar-refractivity contribution in [3.63, 3.8) is 0 Å². The SMILES string of the molecule is O=Cc1c(Cl)ncnc1N1CCc2ccccc21. The van der Waals surface area contributed by atoms with E-state index in [9.17, 15) is 4.79 Å². The highest BCUT2D eigenvalue weighted by Crippen LogP contribution is 2.35. The lowest BCUT2D eigenvalue weighted by atomic mass is 10.2. The van der Waals surface area contributed by atoms with E-state index in [4.69, 9.17) is 11.6 Å². The maximum Gasteiger partial charge on any atom is 0.156 e. The molecule has 90 valence electrons. The molecule has 0 saturated heterocycles. The highest BCUT2D eigenvalue weighted by atomic mass is 35.5. The van der Waals surface area contributed by atoms with E-state index in [0.29, 0.717) is 17.7 Å². The number of halogens is 1. The first kappa shape index (κ1) is 11.2. The minimum Gasteiger partial charge on any atom is -0.325 e. The van der Waals surface area contributed by atoms with Gasteiger partial charge in [-0.05, 0) is 18.1 Å². The molecule has 0 fully saturated rings. The molecule has 3 rings (SSSR count). The zero-order valence-corrected chi connectivity index (χ0v) is 10.3. The van der Waals surface area contributed by atoms with Gasteiger partial charge < -0.3 is 4.90 Å². The highest BCUT2D eigenvalue weighted by molar-refractivity contribution is 6.32. The van der Waals surface area contributed by atoms with Crippen molar-refractivity contribution in [1.82, 2.24) is 9.97 Å². The number of aldehydes is 1. The molecular formula is C13H10ClN3O. The van der Waals surface area contributed by atoms with E-state index in [1.54, 1.807) is 0 Å². The number of carbonyl (C=O) groups excluding carboxylic acids is 1. The first-order valence-corrected chi connectivity index (χ1v) is 6.00. The number of anilines is 2. The van der Waals surface area contributed by atoms with Crippen LogP contribution >= 0.6 is 11.6 Å². The fraction of sp³-hybridized carbons (Fsp3) is 0.154. The van der Waals surface area contributed by atoms with Crippen molar-refractivity contribution in [3.8, 4) is 0 Å². The summed E-state index contributed by atoms with van der Waals surface area (Å²) in [7, 11) is 0. The van der Waals surface area contributed by atoms with E-state index in [1.807, 2.05) is 23.1 Å². The molecule has 0 unspecified atom stereocenters. The number of fused-ring (bicyclic) bond motifs is 1. The largest absolute Gasteiger partial charge is 0.325 e. The van der Waals surface area contributed by atoms with Crippen molar-refractivity contribution in [2.45, 2.75) is 6.42 Å². The third-order valence-corrected chi connectivity index (χ3v) is 3.38. The van der Waals surface area contributed by atoms with Crippen LogP contribution in [0.5, 0.6) is 0 Å². The Morgan fingerprint density at radius 2 is 2.11 bits per heavy atom. The molecule has 0 aliphatic carbocycles. The second-order valence-electron chi connectivity index (χ2n) is 4.05. The number of hydrogen-bond acceptors (Lipinski definition) is 4. The second-order valence-corrected chi connectivity index (χ2v) is 4.41. The van der Waals surface area contributed by atoms with Gasteiger partial charge in [0.15, 0.2) is 6.29 Å². The van der Waals surface area contributed by atoms with Gasteiger partial charge in [-0.2, -0.15) is 0 Å². The van der Waals surface area contributed by atoms with Gasteiger partial charge in [0.25, 0.3) is 0 Å². The predicted molar refractivity (Wildman–Crippen MR) is 69.6 cm³/mol.